The third kappa shape index (κ3) is 2.56. The first-order valence-electron chi connectivity index (χ1n) is 5.09. The molecule has 2 aromatic rings. The molecule has 0 fully saturated rings. The van der Waals surface area contributed by atoms with Crippen molar-refractivity contribution >= 4 is 5.97 Å². The molecule has 19 heavy (non-hydrogen) atoms. The second-order valence-corrected chi connectivity index (χ2v) is 3.57. The fraction of sp³-hybridized carbons (Fsp3) is 0.182. The Kier molecular flexibility index (Phi) is 3.24. The number of alkyl halides is 3. The van der Waals surface area contributed by atoms with E-state index in [9.17, 15) is 18.0 Å². The molecule has 0 unspecified atom stereocenters. The maximum absolute atomic E-state index is 12.9. The summed E-state index contributed by atoms with van der Waals surface area (Å²) in [6, 6.07) is 2.25. The fourth-order valence-electron chi connectivity index (χ4n) is 1.51. The van der Waals surface area contributed by atoms with Crippen LogP contribution in [-0.2, 0) is 10.9 Å². The first-order chi connectivity index (χ1) is 8.93. The zero-order valence-electron chi connectivity index (χ0n) is 9.65. The maximum Gasteiger partial charge on any atom is 0.417 e. The maximum atomic E-state index is 12.9. The first kappa shape index (κ1) is 13.1. The van der Waals surface area contributed by atoms with Gasteiger partial charge in [0.15, 0.2) is 0 Å². The van der Waals surface area contributed by atoms with Crippen molar-refractivity contribution in [1.82, 2.24) is 15.2 Å². The largest absolute Gasteiger partial charge is 0.465 e. The molecule has 0 radical (unpaired) electrons. The summed E-state index contributed by atoms with van der Waals surface area (Å²) in [6.07, 6.45) is -2.45. The van der Waals surface area contributed by atoms with E-state index in [4.69, 9.17) is 0 Å². The molecule has 0 saturated carbocycles. The van der Waals surface area contributed by atoms with E-state index < -0.39 is 23.3 Å². The summed E-state index contributed by atoms with van der Waals surface area (Å²) >= 11 is 0. The van der Waals surface area contributed by atoms with Crippen molar-refractivity contribution in [2.24, 2.45) is 0 Å². The van der Waals surface area contributed by atoms with Gasteiger partial charge in [0.1, 0.15) is 0 Å². The van der Waals surface area contributed by atoms with Gasteiger partial charge in [-0.15, -0.1) is 0 Å². The quantitative estimate of drug-likeness (QED) is 0.851. The van der Waals surface area contributed by atoms with Crippen LogP contribution in [0.2, 0.25) is 0 Å². The van der Waals surface area contributed by atoms with E-state index in [1.54, 1.807) is 0 Å². The Morgan fingerprint density at radius 2 is 2.16 bits per heavy atom. The van der Waals surface area contributed by atoms with E-state index in [0.29, 0.717) is 5.69 Å². The molecule has 0 aliphatic rings. The van der Waals surface area contributed by atoms with Gasteiger partial charge in [-0.1, -0.05) is 0 Å². The minimum absolute atomic E-state index is 0.0393. The normalized spacial score (nSPS) is 11.4. The second kappa shape index (κ2) is 4.71. The molecule has 5 nitrogen and oxygen atoms in total. The number of hydrogen-bond acceptors (Lipinski definition) is 4. The first-order valence-corrected chi connectivity index (χ1v) is 5.09. The van der Waals surface area contributed by atoms with Crippen LogP contribution < -0.4 is 0 Å². The average molecular weight is 271 g/mol. The molecule has 2 aromatic heterocycles. The van der Waals surface area contributed by atoms with Crippen LogP contribution >= 0.6 is 0 Å². The number of nitrogens with one attached hydrogen (secondary N) is 1. The number of hydrogen-bond donors (Lipinski definition) is 1. The Labute approximate surface area is 105 Å². The zero-order chi connectivity index (χ0) is 14.0. The van der Waals surface area contributed by atoms with Gasteiger partial charge < -0.3 is 4.74 Å². The van der Waals surface area contributed by atoms with Crippen molar-refractivity contribution in [2.45, 2.75) is 6.18 Å². The summed E-state index contributed by atoms with van der Waals surface area (Å²) in [5, 5.41) is 6.12. The van der Waals surface area contributed by atoms with Crippen LogP contribution in [0.4, 0.5) is 13.2 Å². The molecule has 0 aliphatic heterocycles. The number of carbonyl (C=O) groups excluding carboxylic acids is 1. The van der Waals surface area contributed by atoms with Crippen molar-refractivity contribution in [3.8, 4) is 11.4 Å². The Balaban J connectivity index is 2.57. The number of aromatic nitrogens is 3. The predicted molar refractivity (Wildman–Crippen MR) is 58.2 cm³/mol. The molecule has 1 N–H and O–H groups in total. The van der Waals surface area contributed by atoms with E-state index in [1.165, 1.54) is 12.3 Å². The molecule has 0 aromatic carbocycles. The molecular formula is C11H8F3N3O2. The number of aromatic amines is 1. The molecule has 0 saturated heterocycles. The molecule has 0 spiro atoms. The standard InChI is InChI=1S/C11H8F3N3O2/c1-19-10(18)6-5-15-9(8-2-3-16-17-8)4-7(6)11(12,13)14/h2-5H,1H3,(H,16,17). The molecule has 8 heteroatoms. The van der Waals surface area contributed by atoms with Crippen LogP contribution in [0, 0.1) is 0 Å². The lowest BCUT2D eigenvalue weighted by atomic mass is 10.1. The summed E-state index contributed by atoms with van der Waals surface area (Å²) in [4.78, 5) is 15.1. The third-order valence-electron chi connectivity index (χ3n) is 2.39. The van der Waals surface area contributed by atoms with Crippen molar-refractivity contribution in [3.63, 3.8) is 0 Å². The highest BCUT2D eigenvalue weighted by atomic mass is 19.4. The van der Waals surface area contributed by atoms with E-state index in [0.717, 1.165) is 19.4 Å². The molecular weight excluding hydrogens is 263 g/mol. The monoisotopic (exact) mass is 271 g/mol. The molecule has 2 heterocycles. The number of esters is 1. The minimum atomic E-state index is -4.68. The van der Waals surface area contributed by atoms with E-state index in [-0.39, 0.29) is 5.69 Å². The molecule has 0 amide bonds. The number of rotatable bonds is 2. The van der Waals surface area contributed by atoms with Gasteiger partial charge in [0.25, 0.3) is 0 Å². The van der Waals surface area contributed by atoms with E-state index in [1.807, 2.05) is 0 Å². The molecule has 0 aliphatic carbocycles. The van der Waals surface area contributed by atoms with Crippen LogP contribution in [0.3, 0.4) is 0 Å². The minimum Gasteiger partial charge on any atom is -0.465 e. The summed E-state index contributed by atoms with van der Waals surface area (Å²) < 4.78 is 43.0. The van der Waals surface area contributed by atoms with Gasteiger partial charge >= 0.3 is 12.1 Å². The van der Waals surface area contributed by atoms with Gasteiger partial charge in [-0.3, -0.25) is 10.1 Å². The van der Waals surface area contributed by atoms with Crippen molar-refractivity contribution in [2.75, 3.05) is 7.11 Å². The van der Waals surface area contributed by atoms with Crippen molar-refractivity contribution < 1.29 is 22.7 Å². The summed E-state index contributed by atoms with van der Waals surface area (Å²) in [7, 11) is 1.01. The number of halogens is 3. The lowest BCUT2D eigenvalue weighted by molar-refractivity contribution is -0.138. The molecule has 0 atom stereocenters. The van der Waals surface area contributed by atoms with Crippen LogP contribution in [-0.4, -0.2) is 28.3 Å². The number of carbonyl (C=O) groups is 1. The van der Waals surface area contributed by atoms with E-state index in [2.05, 4.69) is 19.9 Å². The van der Waals surface area contributed by atoms with Gasteiger partial charge in [0, 0.05) is 12.4 Å². The summed E-state index contributed by atoms with van der Waals surface area (Å²) in [6.45, 7) is 0. The third-order valence-corrected chi connectivity index (χ3v) is 2.39. The van der Waals surface area contributed by atoms with Gasteiger partial charge in [-0.2, -0.15) is 18.3 Å². The lowest BCUT2D eigenvalue weighted by Gasteiger charge is -2.12. The zero-order valence-corrected chi connectivity index (χ0v) is 9.65. The molecule has 100 valence electrons. The van der Waals surface area contributed by atoms with Gasteiger partial charge in [0.2, 0.25) is 0 Å². The Morgan fingerprint density at radius 1 is 1.42 bits per heavy atom. The Bertz CT molecular complexity index is 594. The van der Waals surface area contributed by atoms with Crippen LogP contribution in [0.15, 0.2) is 24.5 Å². The number of nitrogens with zero attached hydrogens (tertiary/aromatic N) is 2. The topological polar surface area (TPSA) is 67.9 Å². The smallest absolute Gasteiger partial charge is 0.417 e. The van der Waals surface area contributed by atoms with Gasteiger partial charge in [0.05, 0.1) is 29.6 Å². The Hall–Kier alpha value is -2.38. The molecule has 2 rings (SSSR count). The number of pyridine rings is 1. The second-order valence-electron chi connectivity index (χ2n) is 3.57. The number of H-pyrrole nitrogens is 1. The summed E-state index contributed by atoms with van der Waals surface area (Å²) in [5.74, 6) is -1.09. The van der Waals surface area contributed by atoms with E-state index >= 15 is 0 Å². The number of ether oxygens (including phenoxy) is 1. The predicted octanol–water partition coefficient (Wildman–Crippen LogP) is 2.28. The van der Waals surface area contributed by atoms with Crippen LogP contribution in [0.25, 0.3) is 11.4 Å². The average Bonchev–Trinajstić information content (AvgIpc) is 2.90. The number of methoxy groups -OCH3 is 1. The van der Waals surface area contributed by atoms with Crippen LogP contribution in [0.1, 0.15) is 15.9 Å². The highest BCUT2D eigenvalue weighted by molar-refractivity contribution is 5.91. The van der Waals surface area contributed by atoms with Crippen molar-refractivity contribution in [1.29, 1.82) is 0 Å². The Morgan fingerprint density at radius 3 is 2.68 bits per heavy atom. The van der Waals surface area contributed by atoms with Crippen molar-refractivity contribution in [3.05, 3.63) is 35.7 Å². The highest BCUT2D eigenvalue weighted by Gasteiger charge is 2.36. The van der Waals surface area contributed by atoms with Crippen LogP contribution in [0.5, 0.6) is 0 Å². The summed E-state index contributed by atoms with van der Waals surface area (Å²) in [5.41, 5.74) is -1.36. The van der Waals surface area contributed by atoms with Gasteiger partial charge in [-0.25, -0.2) is 4.79 Å². The lowest BCUT2D eigenvalue weighted by Crippen LogP contribution is -2.15. The molecule has 0 bridgehead atoms. The SMILES string of the molecule is COC(=O)c1cnc(-c2ccn[nH]2)cc1C(F)(F)F. The van der Waals surface area contributed by atoms with Gasteiger partial charge in [-0.05, 0) is 12.1 Å². The highest BCUT2D eigenvalue weighted by Crippen LogP contribution is 2.33. The fourth-order valence-corrected chi connectivity index (χ4v) is 1.51.